The largest absolute Gasteiger partial charge is 0.497 e. The van der Waals surface area contributed by atoms with Crippen LogP contribution in [-0.4, -0.2) is 47.5 Å². The highest BCUT2D eigenvalue weighted by atomic mass is 32.2. The monoisotopic (exact) mass is 587 g/mol. The van der Waals surface area contributed by atoms with Crippen molar-refractivity contribution in [1.29, 1.82) is 0 Å². The van der Waals surface area contributed by atoms with E-state index in [1.165, 1.54) is 32.4 Å². The summed E-state index contributed by atoms with van der Waals surface area (Å²) in [5, 5.41) is 5.60. The smallest absolute Gasteiger partial charge is 0.264 e. The Bertz CT molecular complexity index is 1640. The summed E-state index contributed by atoms with van der Waals surface area (Å²) in [6.07, 6.45) is 0.649. The molecule has 0 radical (unpaired) electrons. The lowest BCUT2D eigenvalue weighted by molar-refractivity contribution is -0.114. The fourth-order valence-electron chi connectivity index (χ4n) is 4.30. The quantitative estimate of drug-likeness (QED) is 0.246. The SMILES string of the molecule is COc1ccc(N(CC(=O)Nc2ccccc2C(=O)NCCc2ccccc2)S(=O)(=O)c2ccc(C)cc2)c(OC)c1. The van der Waals surface area contributed by atoms with Crippen LogP contribution in [0.5, 0.6) is 11.5 Å². The molecule has 42 heavy (non-hydrogen) atoms. The van der Waals surface area contributed by atoms with E-state index in [4.69, 9.17) is 9.47 Å². The van der Waals surface area contributed by atoms with Crippen molar-refractivity contribution >= 4 is 33.2 Å². The van der Waals surface area contributed by atoms with E-state index in [0.29, 0.717) is 18.7 Å². The zero-order valence-corrected chi connectivity index (χ0v) is 24.5. The van der Waals surface area contributed by atoms with Gasteiger partial charge in [-0.2, -0.15) is 0 Å². The zero-order valence-electron chi connectivity index (χ0n) is 23.7. The Balaban J connectivity index is 1.58. The van der Waals surface area contributed by atoms with Crippen LogP contribution in [0.25, 0.3) is 0 Å². The summed E-state index contributed by atoms with van der Waals surface area (Å²) in [4.78, 5) is 26.4. The van der Waals surface area contributed by atoms with Gasteiger partial charge in [0.15, 0.2) is 0 Å². The number of rotatable bonds is 12. The molecule has 0 heterocycles. The molecule has 0 saturated carbocycles. The van der Waals surface area contributed by atoms with Crippen molar-refractivity contribution in [2.24, 2.45) is 0 Å². The van der Waals surface area contributed by atoms with Crippen molar-refractivity contribution in [3.8, 4) is 11.5 Å². The van der Waals surface area contributed by atoms with Crippen LogP contribution in [-0.2, 0) is 21.2 Å². The standard InChI is InChI=1S/C32H33N3O6S/c1-23-13-16-26(17-14-23)42(38,39)35(29-18-15-25(40-2)21-30(29)41-3)22-31(36)34-28-12-8-7-11-27(28)32(37)33-20-19-24-9-5-4-6-10-24/h4-18,21H,19-20,22H2,1-3H3,(H,33,37)(H,34,36). The second-order valence-corrected chi connectivity index (χ2v) is 11.3. The van der Waals surface area contributed by atoms with E-state index in [-0.39, 0.29) is 33.5 Å². The van der Waals surface area contributed by atoms with Crippen LogP contribution in [0.4, 0.5) is 11.4 Å². The lowest BCUT2D eigenvalue weighted by Crippen LogP contribution is -2.38. The molecule has 0 bridgehead atoms. The molecule has 4 aromatic rings. The van der Waals surface area contributed by atoms with E-state index < -0.39 is 22.5 Å². The van der Waals surface area contributed by atoms with Gasteiger partial charge in [0.2, 0.25) is 5.91 Å². The van der Waals surface area contributed by atoms with E-state index in [2.05, 4.69) is 10.6 Å². The molecule has 0 saturated heterocycles. The Morgan fingerprint density at radius 1 is 0.833 bits per heavy atom. The molecular weight excluding hydrogens is 554 g/mol. The Labute approximate surface area is 246 Å². The summed E-state index contributed by atoms with van der Waals surface area (Å²) < 4.78 is 39.4. The Morgan fingerprint density at radius 2 is 1.52 bits per heavy atom. The number of sulfonamides is 1. The summed E-state index contributed by atoms with van der Waals surface area (Å²) in [5.74, 6) is -0.341. The number of methoxy groups -OCH3 is 2. The fourth-order valence-corrected chi connectivity index (χ4v) is 5.73. The fraction of sp³-hybridized carbons (Fsp3) is 0.188. The summed E-state index contributed by atoms with van der Waals surface area (Å²) in [5.41, 5.74) is 2.64. The molecule has 10 heteroatoms. The van der Waals surface area contributed by atoms with Gasteiger partial charge in [-0.05, 0) is 55.3 Å². The molecule has 218 valence electrons. The zero-order chi connectivity index (χ0) is 30.1. The van der Waals surface area contributed by atoms with Crippen molar-refractivity contribution < 1.29 is 27.5 Å². The lowest BCUT2D eigenvalue weighted by atomic mass is 10.1. The molecule has 0 aliphatic rings. The van der Waals surface area contributed by atoms with Crippen LogP contribution >= 0.6 is 0 Å². The first-order valence-corrected chi connectivity index (χ1v) is 14.7. The van der Waals surface area contributed by atoms with Crippen LogP contribution in [0.15, 0.2) is 102 Å². The number of anilines is 2. The van der Waals surface area contributed by atoms with Crippen molar-refractivity contribution in [1.82, 2.24) is 5.32 Å². The summed E-state index contributed by atoms with van der Waals surface area (Å²) in [6, 6.07) is 27.3. The molecule has 0 aliphatic carbocycles. The molecule has 0 aliphatic heterocycles. The third-order valence-corrected chi connectivity index (χ3v) is 8.31. The van der Waals surface area contributed by atoms with Gasteiger partial charge in [0.1, 0.15) is 18.0 Å². The van der Waals surface area contributed by atoms with Gasteiger partial charge in [-0.25, -0.2) is 8.42 Å². The van der Waals surface area contributed by atoms with Crippen molar-refractivity contribution in [2.45, 2.75) is 18.2 Å². The van der Waals surface area contributed by atoms with E-state index >= 15 is 0 Å². The average molecular weight is 588 g/mol. The summed E-state index contributed by atoms with van der Waals surface area (Å²) >= 11 is 0. The number of hydrogen-bond donors (Lipinski definition) is 2. The third kappa shape index (κ3) is 7.27. The Kier molecular flexibility index (Phi) is 9.82. The van der Waals surface area contributed by atoms with Gasteiger partial charge >= 0.3 is 0 Å². The van der Waals surface area contributed by atoms with Gasteiger partial charge in [0.25, 0.3) is 15.9 Å². The van der Waals surface area contributed by atoms with Gasteiger partial charge in [-0.1, -0.05) is 60.2 Å². The normalized spacial score (nSPS) is 10.9. The van der Waals surface area contributed by atoms with E-state index in [1.807, 2.05) is 37.3 Å². The first-order valence-electron chi connectivity index (χ1n) is 13.3. The number of carbonyl (C=O) groups is 2. The van der Waals surface area contributed by atoms with Gasteiger partial charge in [0.05, 0.1) is 36.1 Å². The van der Waals surface area contributed by atoms with Gasteiger partial charge in [0, 0.05) is 12.6 Å². The number of aryl methyl sites for hydroxylation is 1. The number of nitrogens with zero attached hydrogens (tertiary/aromatic N) is 1. The minimum atomic E-state index is -4.20. The summed E-state index contributed by atoms with van der Waals surface area (Å²) in [6.45, 7) is 1.68. The van der Waals surface area contributed by atoms with Crippen LogP contribution in [0.2, 0.25) is 0 Å². The van der Waals surface area contributed by atoms with E-state index in [9.17, 15) is 18.0 Å². The van der Waals surface area contributed by atoms with Crippen molar-refractivity contribution in [3.05, 3.63) is 114 Å². The van der Waals surface area contributed by atoms with Crippen molar-refractivity contribution in [2.75, 3.05) is 36.9 Å². The molecule has 0 unspecified atom stereocenters. The minimum absolute atomic E-state index is 0.0111. The molecule has 9 nitrogen and oxygen atoms in total. The third-order valence-electron chi connectivity index (χ3n) is 6.54. The molecule has 0 atom stereocenters. The van der Waals surface area contributed by atoms with Gasteiger partial charge < -0.3 is 20.1 Å². The second kappa shape index (κ2) is 13.7. The molecule has 2 amide bonds. The van der Waals surface area contributed by atoms with Crippen LogP contribution in [0, 0.1) is 6.92 Å². The number of benzene rings is 4. The maximum absolute atomic E-state index is 13.9. The van der Waals surface area contributed by atoms with E-state index in [0.717, 1.165) is 15.4 Å². The molecule has 0 fully saturated rings. The van der Waals surface area contributed by atoms with Crippen LogP contribution in [0.3, 0.4) is 0 Å². The number of amides is 2. The maximum atomic E-state index is 13.9. The predicted molar refractivity (Wildman–Crippen MR) is 163 cm³/mol. The maximum Gasteiger partial charge on any atom is 0.264 e. The van der Waals surface area contributed by atoms with E-state index in [1.54, 1.807) is 48.5 Å². The first-order chi connectivity index (χ1) is 20.2. The molecule has 0 spiro atoms. The Morgan fingerprint density at radius 3 is 2.21 bits per heavy atom. The number of ether oxygens (including phenoxy) is 2. The minimum Gasteiger partial charge on any atom is -0.497 e. The van der Waals surface area contributed by atoms with Gasteiger partial charge in [-0.15, -0.1) is 0 Å². The highest BCUT2D eigenvalue weighted by Gasteiger charge is 2.30. The molecule has 2 N–H and O–H groups in total. The average Bonchev–Trinajstić information content (AvgIpc) is 3.00. The number of hydrogen-bond acceptors (Lipinski definition) is 6. The molecule has 0 aromatic heterocycles. The Hall–Kier alpha value is -4.83. The first kappa shape index (κ1) is 30.1. The molecule has 4 rings (SSSR count). The van der Waals surface area contributed by atoms with Crippen LogP contribution < -0.4 is 24.4 Å². The highest BCUT2D eigenvalue weighted by Crippen LogP contribution is 2.35. The summed E-state index contributed by atoms with van der Waals surface area (Å²) in [7, 11) is -1.31. The number of nitrogens with one attached hydrogen (secondary N) is 2. The predicted octanol–water partition coefficient (Wildman–Crippen LogP) is 4.82. The molecule has 4 aromatic carbocycles. The topological polar surface area (TPSA) is 114 Å². The number of carbonyl (C=O) groups excluding carboxylic acids is 2. The lowest BCUT2D eigenvalue weighted by Gasteiger charge is -2.26. The second-order valence-electron chi connectivity index (χ2n) is 9.45. The van der Waals surface area contributed by atoms with Crippen molar-refractivity contribution in [3.63, 3.8) is 0 Å². The highest BCUT2D eigenvalue weighted by molar-refractivity contribution is 7.92. The van der Waals surface area contributed by atoms with Gasteiger partial charge in [-0.3, -0.25) is 13.9 Å². The van der Waals surface area contributed by atoms with Crippen LogP contribution in [0.1, 0.15) is 21.5 Å². The number of para-hydroxylation sites is 1. The molecular formula is C32H33N3O6S.